The van der Waals surface area contributed by atoms with Gasteiger partial charge in [-0.05, 0) is 25.6 Å². The summed E-state index contributed by atoms with van der Waals surface area (Å²) in [6, 6.07) is 9.62. The molecule has 1 aromatic carbocycles. The molecule has 0 bridgehead atoms. The van der Waals surface area contributed by atoms with E-state index in [1.807, 2.05) is 63.2 Å². The molecular weight excluding hydrogens is 252 g/mol. The van der Waals surface area contributed by atoms with Crippen molar-refractivity contribution in [3.05, 3.63) is 35.9 Å². The summed E-state index contributed by atoms with van der Waals surface area (Å²) in [6.45, 7) is 4.32. The number of hydrogen-bond acceptors (Lipinski definition) is 3. The minimum atomic E-state index is -0.559. The molecule has 0 fully saturated rings. The number of aliphatic hydroxyl groups is 1. The van der Waals surface area contributed by atoms with Gasteiger partial charge >= 0.3 is 0 Å². The van der Waals surface area contributed by atoms with E-state index in [1.54, 1.807) is 0 Å². The standard InChI is InChI=1S/C16H26N2O2/c1-12(2)15(18(3)4)16(20)17-11-14(19)10-13-8-6-5-7-9-13/h5-9,12,14-15,19H,10-11H2,1-4H3,(H,17,20). The van der Waals surface area contributed by atoms with Gasteiger partial charge in [0, 0.05) is 13.0 Å². The fourth-order valence-electron chi connectivity index (χ4n) is 2.41. The summed E-state index contributed by atoms with van der Waals surface area (Å²) < 4.78 is 0. The summed E-state index contributed by atoms with van der Waals surface area (Å²) in [6.07, 6.45) is -0.00794. The van der Waals surface area contributed by atoms with E-state index in [4.69, 9.17) is 0 Å². The van der Waals surface area contributed by atoms with Crippen LogP contribution in [0.1, 0.15) is 19.4 Å². The van der Waals surface area contributed by atoms with Crippen LogP contribution in [-0.4, -0.2) is 48.7 Å². The molecule has 1 rings (SSSR count). The molecule has 0 radical (unpaired) electrons. The van der Waals surface area contributed by atoms with Crippen molar-refractivity contribution in [1.29, 1.82) is 0 Å². The molecule has 0 aromatic heterocycles. The van der Waals surface area contributed by atoms with Gasteiger partial charge in [0.2, 0.25) is 5.91 Å². The van der Waals surface area contributed by atoms with Crippen molar-refractivity contribution in [2.24, 2.45) is 5.92 Å². The van der Waals surface area contributed by atoms with Gasteiger partial charge < -0.3 is 10.4 Å². The Labute approximate surface area is 121 Å². The number of nitrogens with one attached hydrogen (secondary N) is 1. The Morgan fingerprint density at radius 3 is 2.35 bits per heavy atom. The van der Waals surface area contributed by atoms with Crippen molar-refractivity contribution in [3.8, 4) is 0 Å². The average molecular weight is 278 g/mol. The van der Waals surface area contributed by atoms with Crippen LogP contribution in [0.3, 0.4) is 0 Å². The first kappa shape index (κ1) is 16.7. The third-order valence-electron chi connectivity index (χ3n) is 3.28. The van der Waals surface area contributed by atoms with Gasteiger partial charge in [-0.3, -0.25) is 9.69 Å². The number of hydrogen-bond donors (Lipinski definition) is 2. The molecule has 1 aromatic rings. The number of carbonyl (C=O) groups is 1. The molecule has 0 aliphatic carbocycles. The van der Waals surface area contributed by atoms with E-state index >= 15 is 0 Å². The predicted octanol–water partition coefficient (Wildman–Crippen LogP) is 1.29. The zero-order chi connectivity index (χ0) is 15.1. The summed E-state index contributed by atoms with van der Waals surface area (Å²) in [5.74, 6) is 0.202. The molecule has 4 heteroatoms. The molecule has 0 aliphatic heterocycles. The van der Waals surface area contributed by atoms with E-state index in [2.05, 4.69) is 5.32 Å². The second kappa shape index (κ2) is 8.02. The Kier molecular flexibility index (Phi) is 6.68. The van der Waals surface area contributed by atoms with Gasteiger partial charge in [-0.2, -0.15) is 0 Å². The molecule has 112 valence electrons. The van der Waals surface area contributed by atoms with Gasteiger partial charge in [0.05, 0.1) is 12.1 Å². The highest BCUT2D eigenvalue weighted by atomic mass is 16.3. The second-order valence-corrected chi connectivity index (χ2v) is 5.74. The van der Waals surface area contributed by atoms with E-state index in [1.165, 1.54) is 0 Å². The van der Waals surface area contributed by atoms with E-state index in [0.29, 0.717) is 6.42 Å². The fraction of sp³-hybridized carbons (Fsp3) is 0.562. The molecule has 0 saturated heterocycles. The van der Waals surface area contributed by atoms with Crippen LogP contribution in [0.5, 0.6) is 0 Å². The van der Waals surface area contributed by atoms with E-state index in [9.17, 15) is 9.90 Å². The largest absolute Gasteiger partial charge is 0.391 e. The lowest BCUT2D eigenvalue weighted by Gasteiger charge is -2.27. The van der Waals surface area contributed by atoms with E-state index < -0.39 is 6.10 Å². The van der Waals surface area contributed by atoms with E-state index in [0.717, 1.165) is 5.56 Å². The van der Waals surface area contributed by atoms with Crippen molar-refractivity contribution in [2.45, 2.75) is 32.4 Å². The molecule has 2 unspecified atom stereocenters. The monoisotopic (exact) mass is 278 g/mol. The quantitative estimate of drug-likeness (QED) is 0.790. The summed E-state index contributed by atoms with van der Waals surface area (Å²) in [7, 11) is 3.79. The maximum atomic E-state index is 12.1. The van der Waals surface area contributed by atoms with Crippen LogP contribution in [0, 0.1) is 5.92 Å². The van der Waals surface area contributed by atoms with Crippen LogP contribution in [-0.2, 0) is 11.2 Å². The smallest absolute Gasteiger partial charge is 0.237 e. The van der Waals surface area contributed by atoms with Gasteiger partial charge in [0.15, 0.2) is 0 Å². The van der Waals surface area contributed by atoms with Gasteiger partial charge in [0.1, 0.15) is 0 Å². The predicted molar refractivity (Wildman–Crippen MR) is 81.5 cm³/mol. The first-order valence-electron chi connectivity index (χ1n) is 7.08. The Morgan fingerprint density at radius 1 is 1.25 bits per heavy atom. The third kappa shape index (κ3) is 5.31. The zero-order valence-corrected chi connectivity index (χ0v) is 12.8. The highest BCUT2D eigenvalue weighted by molar-refractivity contribution is 5.81. The minimum Gasteiger partial charge on any atom is -0.391 e. The number of benzene rings is 1. The van der Waals surface area contributed by atoms with Crippen LogP contribution >= 0.6 is 0 Å². The fourth-order valence-corrected chi connectivity index (χ4v) is 2.41. The molecule has 2 atom stereocenters. The second-order valence-electron chi connectivity index (χ2n) is 5.74. The SMILES string of the molecule is CC(C)C(C(=O)NCC(O)Cc1ccccc1)N(C)C. The maximum absolute atomic E-state index is 12.1. The number of likely N-dealkylation sites (N-methyl/N-ethyl adjacent to an activating group) is 1. The Morgan fingerprint density at radius 2 is 1.85 bits per heavy atom. The molecule has 20 heavy (non-hydrogen) atoms. The lowest BCUT2D eigenvalue weighted by Crippen LogP contribution is -2.48. The first-order valence-corrected chi connectivity index (χ1v) is 7.08. The Balaban J connectivity index is 2.44. The lowest BCUT2D eigenvalue weighted by molar-refractivity contribution is -0.127. The van der Waals surface area contributed by atoms with Crippen LogP contribution in [0.25, 0.3) is 0 Å². The normalized spacial score (nSPS) is 14.3. The summed E-state index contributed by atoms with van der Waals surface area (Å²) in [5.41, 5.74) is 1.07. The number of nitrogens with zero attached hydrogens (tertiary/aromatic N) is 1. The number of aliphatic hydroxyl groups excluding tert-OH is 1. The van der Waals surface area contributed by atoms with Crippen LogP contribution < -0.4 is 5.32 Å². The van der Waals surface area contributed by atoms with Gasteiger partial charge in [-0.15, -0.1) is 0 Å². The van der Waals surface area contributed by atoms with Crippen LogP contribution in [0.2, 0.25) is 0 Å². The third-order valence-corrected chi connectivity index (χ3v) is 3.28. The van der Waals surface area contributed by atoms with Crippen molar-refractivity contribution >= 4 is 5.91 Å². The van der Waals surface area contributed by atoms with Crippen molar-refractivity contribution in [3.63, 3.8) is 0 Å². The number of rotatable bonds is 7. The average Bonchev–Trinajstić information content (AvgIpc) is 2.36. The van der Waals surface area contributed by atoms with E-state index in [-0.39, 0.29) is 24.4 Å². The lowest BCUT2D eigenvalue weighted by atomic mass is 10.0. The summed E-state index contributed by atoms with van der Waals surface area (Å²) in [4.78, 5) is 14.0. The molecule has 4 nitrogen and oxygen atoms in total. The summed E-state index contributed by atoms with van der Waals surface area (Å²) >= 11 is 0. The molecule has 0 spiro atoms. The first-order chi connectivity index (χ1) is 9.41. The molecule has 0 heterocycles. The number of carbonyl (C=O) groups excluding carboxylic acids is 1. The Hall–Kier alpha value is -1.39. The maximum Gasteiger partial charge on any atom is 0.237 e. The van der Waals surface area contributed by atoms with Crippen LogP contribution in [0.4, 0.5) is 0 Å². The topological polar surface area (TPSA) is 52.6 Å². The van der Waals surface area contributed by atoms with Gasteiger partial charge in [0.25, 0.3) is 0 Å². The van der Waals surface area contributed by atoms with Crippen LogP contribution in [0.15, 0.2) is 30.3 Å². The highest BCUT2D eigenvalue weighted by Crippen LogP contribution is 2.08. The molecule has 0 aliphatic rings. The highest BCUT2D eigenvalue weighted by Gasteiger charge is 2.24. The molecule has 1 amide bonds. The Bertz CT molecular complexity index is 396. The molecular formula is C16H26N2O2. The van der Waals surface area contributed by atoms with Crippen molar-refractivity contribution in [2.75, 3.05) is 20.6 Å². The molecule has 2 N–H and O–H groups in total. The number of amides is 1. The summed E-state index contributed by atoms with van der Waals surface area (Å²) in [5, 5.41) is 12.8. The van der Waals surface area contributed by atoms with Crippen molar-refractivity contribution in [1.82, 2.24) is 10.2 Å². The zero-order valence-electron chi connectivity index (χ0n) is 12.8. The molecule has 0 saturated carbocycles. The minimum absolute atomic E-state index is 0.0305. The van der Waals surface area contributed by atoms with Gasteiger partial charge in [-0.25, -0.2) is 0 Å². The van der Waals surface area contributed by atoms with Gasteiger partial charge in [-0.1, -0.05) is 44.2 Å². The van der Waals surface area contributed by atoms with Crippen molar-refractivity contribution < 1.29 is 9.90 Å².